The van der Waals surface area contributed by atoms with Gasteiger partial charge in [0.05, 0.1) is 16.1 Å². The van der Waals surface area contributed by atoms with Gasteiger partial charge < -0.3 is 15.2 Å². The van der Waals surface area contributed by atoms with Crippen molar-refractivity contribution in [2.75, 3.05) is 5.32 Å². The number of amides is 1. The Balaban J connectivity index is 1.66. The van der Waals surface area contributed by atoms with Crippen LogP contribution in [0.3, 0.4) is 0 Å². The summed E-state index contributed by atoms with van der Waals surface area (Å²) in [6.45, 7) is 2.14. The van der Waals surface area contributed by atoms with Gasteiger partial charge in [-0.05, 0) is 37.3 Å². The normalized spacial score (nSPS) is 10.8. The van der Waals surface area contributed by atoms with Crippen molar-refractivity contribution in [3.05, 3.63) is 87.3 Å². The van der Waals surface area contributed by atoms with Gasteiger partial charge in [0.25, 0.3) is 5.91 Å². The van der Waals surface area contributed by atoms with Gasteiger partial charge in [-0.1, -0.05) is 41.4 Å². The van der Waals surface area contributed by atoms with Gasteiger partial charge in [0.15, 0.2) is 0 Å². The molecule has 2 aromatic heterocycles. The smallest absolute Gasteiger partial charge is 0.345 e. The van der Waals surface area contributed by atoms with E-state index in [2.05, 4.69) is 10.3 Å². The van der Waals surface area contributed by atoms with Gasteiger partial charge in [-0.15, -0.1) is 11.3 Å². The fraction of sp³-hybridized carbons (Fsp3) is 0.0870. The van der Waals surface area contributed by atoms with Crippen molar-refractivity contribution in [1.82, 2.24) is 4.98 Å². The van der Waals surface area contributed by atoms with Crippen LogP contribution in [0.2, 0.25) is 5.02 Å². The van der Waals surface area contributed by atoms with Crippen LogP contribution < -0.4 is 10.1 Å². The fourth-order valence-corrected chi connectivity index (χ4v) is 3.97. The lowest BCUT2D eigenvalue weighted by Crippen LogP contribution is -2.12. The molecule has 6 nitrogen and oxygen atoms in total. The summed E-state index contributed by atoms with van der Waals surface area (Å²) >= 11 is 7.19. The predicted octanol–water partition coefficient (Wildman–Crippen LogP) is 5.79. The number of nitrogens with one attached hydrogen (secondary N) is 1. The molecule has 156 valence electrons. The quantitative estimate of drug-likeness (QED) is 0.386. The number of carboxylic acids is 1. The van der Waals surface area contributed by atoms with Crippen LogP contribution in [0.25, 0.3) is 10.9 Å². The summed E-state index contributed by atoms with van der Waals surface area (Å²) in [5.41, 5.74) is 2.79. The third kappa shape index (κ3) is 4.68. The SMILES string of the molecule is Cc1ccc2nc(OCc3ccccc3Cl)cc(C(=O)Nc3ccc(C(=O)O)s3)c2c1. The number of anilines is 1. The highest BCUT2D eigenvalue weighted by atomic mass is 35.5. The summed E-state index contributed by atoms with van der Waals surface area (Å²) in [4.78, 5) is 28.8. The van der Waals surface area contributed by atoms with Crippen molar-refractivity contribution in [2.24, 2.45) is 0 Å². The summed E-state index contributed by atoms with van der Waals surface area (Å²) in [6, 6.07) is 17.6. The molecule has 0 spiro atoms. The first-order chi connectivity index (χ1) is 14.9. The minimum atomic E-state index is -1.04. The second-order valence-electron chi connectivity index (χ2n) is 6.83. The molecule has 0 saturated heterocycles. The molecule has 0 aliphatic rings. The van der Waals surface area contributed by atoms with Crippen LogP contribution in [0.15, 0.2) is 60.7 Å². The molecule has 0 atom stereocenters. The summed E-state index contributed by atoms with van der Waals surface area (Å²) < 4.78 is 5.84. The monoisotopic (exact) mass is 452 g/mol. The van der Waals surface area contributed by atoms with E-state index in [1.54, 1.807) is 18.2 Å². The molecule has 2 aromatic carbocycles. The maximum atomic E-state index is 13.0. The number of aromatic nitrogens is 1. The number of nitrogens with zero attached hydrogens (tertiary/aromatic N) is 1. The molecule has 0 unspecified atom stereocenters. The number of hydrogen-bond acceptors (Lipinski definition) is 5. The molecule has 4 rings (SSSR count). The van der Waals surface area contributed by atoms with E-state index in [0.29, 0.717) is 32.4 Å². The van der Waals surface area contributed by atoms with Gasteiger partial charge in [-0.25, -0.2) is 9.78 Å². The number of aromatic carboxylic acids is 1. The van der Waals surface area contributed by atoms with Gasteiger partial charge in [0, 0.05) is 22.0 Å². The van der Waals surface area contributed by atoms with Crippen molar-refractivity contribution in [3.8, 4) is 5.88 Å². The van der Waals surface area contributed by atoms with Crippen molar-refractivity contribution >= 4 is 50.7 Å². The molecule has 0 saturated carbocycles. The number of aryl methyl sites for hydroxylation is 1. The van der Waals surface area contributed by atoms with Gasteiger partial charge in [0.2, 0.25) is 5.88 Å². The number of ether oxygens (including phenoxy) is 1. The van der Waals surface area contributed by atoms with Crippen LogP contribution in [-0.4, -0.2) is 22.0 Å². The Bertz CT molecular complexity index is 1300. The second-order valence-corrected chi connectivity index (χ2v) is 8.32. The van der Waals surface area contributed by atoms with Crippen LogP contribution >= 0.6 is 22.9 Å². The van der Waals surface area contributed by atoms with Crippen molar-refractivity contribution in [1.29, 1.82) is 0 Å². The van der Waals surface area contributed by atoms with Crippen molar-refractivity contribution in [2.45, 2.75) is 13.5 Å². The number of halogens is 1. The maximum absolute atomic E-state index is 13.0. The lowest BCUT2D eigenvalue weighted by molar-refractivity contribution is 0.0702. The number of benzene rings is 2. The molecule has 0 bridgehead atoms. The van der Waals surface area contributed by atoms with E-state index in [1.807, 2.05) is 43.3 Å². The lowest BCUT2D eigenvalue weighted by Gasteiger charge is -2.12. The molecule has 0 radical (unpaired) electrons. The molecule has 2 N–H and O–H groups in total. The maximum Gasteiger partial charge on any atom is 0.345 e. The van der Waals surface area contributed by atoms with E-state index in [1.165, 1.54) is 6.07 Å². The Morgan fingerprint density at radius 2 is 1.94 bits per heavy atom. The molecule has 0 aliphatic heterocycles. The van der Waals surface area contributed by atoms with E-state index >= 15 is 0 Å². The highest BCUT2D eigenvalue weighted by Crippen LogP contribution is 2.27. The number of carboxylic acid groups (broad SMARTS) is 1. The lowest BCUT2D eigenvalue weighted by atomic mass is 10.1. The molecule has 31 heavy (non-hydrogen) atoms. The number of carbonyl (C=O) groups is 2. The first kappa shape index (κ1) is 20.8. The van der Waals surface area contributed by atoms with Crippen molar-refractivity contribution < 1.29 is 19.4 Å². The van der Waals surface area contributed by atoms with E-state index in [4.69, 9.17) is 21.4 Å². The van der Waals surface area contributed by atoms with Crippen LogP contribution in [0.5, 0.6) is 5.88 Å². The predicted molar refractivity (Wildman–Crippen MR) is 121 cm³/mol. The van der Waals surface area contributed by atoms with Gasteiger partial charge in [-0.2, -0.15) is 0 Å². The minimum absolute atomic E-state index is 0.148. The molecule has 0 aliphatic carbocycles. The highest BCUT2D eigenvalue weighted by Gasteiger charge is 2.16. The Hall–Kier alpha value is -3.42. The Labute approximate surface area is 187 Å². The molecular formula is C23H17ClN2O4S. The van der Waals surface area contributed by atoms with E-state index in [9.17, 15) is 9.59 Å². The van der Waals surface area contributed by atoms with Crippen LogP contribution in [0, 0.1) is 6.92 Å². The number of pyridine rings is 1. The standard InChI is InChI=1S/C23H17ClN2O4S/c1-13-6-7-18-15(10-13)16(22(27)26-21-9-8-19(31-21)23(28)29)11-20(25-18)30-12-14-4-2-3-5-17(14)24/h2-11H,12H2,1H3,(H,26,27)(H,28,29). The number of carbonyl (C=O) groups excluding carboxylic acids is 1. The largest absolute Gasteiger partial charge is 0.477 e. The average molecular weight is 453 g/mol. The third-order valence-electron chi connectivity index (χ3n) is 4.57. The Morgan fingerprint density at radius 3 is 2.68 bits per heavy atom. The molecule has 8 heteroatoms. The first-order valence-electron chi connectivity index (χ1n) is 9.33. The molecule has 4 aromatic rings. The fourth-order valence-electron chi connectivity index (χ4n) is 3.04. The third-order valence-corrected chi connectivity index (χ3v) is 5.93. The zero-order valence-electron chi connectivity index (χ0n) is 16.4. The van der Waals surface area contributed by atoms with Gasteiger partial charge in [-0.3, -0.25) is 4.79 Å². The van der Waals surface area contributed by atoms with E-state index in [0.717, 1.165) is 22.5 Å². The van der Waals surface area contributed by atoms with Gasteiger partial charge >= 0.3 is 5.97 Å². The number of thiophene rings is 1. The zero-order chi connectivity index (χ0) is 22.0. The van der Waals surface area contributed by atoms with Gasteiger partial charge in [0.1, 0.15) is 11.5 Å². The molecule has 2 heterocycles. The molecule has 0 fully saturated rings. The van der Waals surface area contributed by atoms with E-state index < -0.39 is 5.97 Å². The summed E-state index contributed by atoms with van der Waals surface area (Å²) in [5.74, 6) is -1.12. The summed E-state index contributed by atoms with van der Waals surface area (Å²) in [7, 11) is 0. The average Bonchev–Trinajstić information content (AvgIpc) is 3.21. The van der Waals surface area contributed by atoms with Crippen molar-refractivity contribution in [3.63, 3.8) is 0 Å². The highest BCUT2D eigenvalue weighted by molar-refractivity contribution is 7.18. The molecule has 1 amide bonds. The Morgan fingerprint density at radius 1 is 1.13 bits per heavy atom. The van der Waals surface area contributed by atoms with E-state index in [-0.39, 0.29) is 17.4 Å². The second kappa shape index (κ2) is 8.75. The summed E-state index contributed by atoms with van der Waals surface area (Å²) in [6.07, 6.45) is 0. The van der Waals surface area contributed by atoms with Crippen LogP contribution in [0.1, 0.15) is 31.2 Å². The number of hydrogen-bond donors (Lipinski definition) is 2. The molecular weight excluding hydrogens is 436 g/mol. The zero-order valence-corrected chi connectivity index (χ0v) is 18.0. The first-order valence-corrected chi connectivity index (χ1v) is 10.5. The topological polar surface area (TPSA) is 88.5 Å². The minimum Gasteiger partial charge on any atom is -0.477 e. The summed E-state index contributed by atoms with van der Waals surface area (Å²) in [5, 5.41) is 13.6. The van der Waals surface area contributed by atoms with Crippen LogP contribution in [-0.2, 0) is 6.61 Å². The number of rotatable bonds is 6. The number of fused-ring (bicyclic) bond motifs is 1. The van der Waals surface area contributed by atoms with Crippen LogP contribution in [0.4, 0.5) is 5.00 Å². The Kier molecular flexibility index (Phi) is 5.88.